The first-order valence-electron chi connectivity index (χ1n) is 14.0. The van der Waals surface area contributed by atoms with E-state index in [1.165, 1.54) is 5.57 Å². The van der Waals surface area contributed by atoms with Gasteiger partial charge in [0.2, 0.25) is 0 Å². The maximum atomic E-state index is 12.5. The second-order valence-electron chi connectivity index (χ2n) is 12.2. The largest absolute Gasteiger partial charge is 0.465 e. The van der Waals surface area contributed by atoms with Crippen molar-refractivity contribution in [3.8, 4) is 0 Å². The zero-order chi connectivity index (χ0) is 26.5. The van der Waals surface area contributed by atoms with E-state index in [1.54, 1.807) is 19.9 Å². The Morgan fingerprint density at radius 3 is 2.58 bits per heavy atom. The summed E-state index contributed by atoms with van der Waals surface area (Å²) < 4.78 is 5.36. The highest BCUT2D eigenvalue weighted by Crippen LogP contribution is 2.59. The molecule has 0 amide bonds. The van der Waals surface area contributed by atoms with E-state index in [4.69, 9.17) is 4.74 Å². The zero-order valence-electron chi connectivity index (χ0n) is 22.8. The number of fused-ring (bicyclic) bond motifs is 1. The highest BCUT2D eigenvalue weighted by molar-refractivity contribution is 5.77. The van der Waals surface area contributed by atoms with Gasteiger partial charge in [-0.05, 0) is 88.9 Å². The van der Waals surface area contributed by atoms with Gasteiger partial charge < -0.3 is 20.1 Å². The number of esters is 1. The van der Waals surface area contributed by atoms with Gasteiger partial charge in [-0.25, -0.2) is 0 Å². The monoisotopic (exact) mass is 500 g/mol. The van der Waals surface area contributed by atoms with Crippen molar-refractivity contribution in [2.75, 3.05) is 6.61 Å². The van der Waals surface area contributed by atoms with Gasteiger partial charge in [0.15, 0.2) is 0 Å². The first-order valence-corrected chi connectivity index (χ1v) is 14.0. The summed E-state index contributed by atoms with van der Waals surface area (Å²) in [5.74, 6) is 0.452. The third kappa shape index (κ3) is 6.59. The van der Waals surface area contributed by atoms with Gasteiger partial charge in [-0.3, -0.25) is 4.79 Å². The van der Waals surface area contributed by atoms with E-state index in [0.717, 1.165) is 56.1 Å². The molecule has 36 heavy (non-hydrogen) atoms. The highest BCUT2D eigenvalue weighted by atomic mass is 16.5. The number of unbranched alkanes of at least 4 members (excludes halogenated alkanes) is 1. The molecular weight excluding hydrogens is 452 g/mol. The molecule has 5 nitrogen and oxygen atoms in total. The van der Waals surface area contributed by atoms with Gasteiger partial charge in [0.05, 0.1) is 30.3 Å². The minimum absolute atomic E-state index is 0.120. The Bertz CT molecular complexity index is 869. The smallest absolute Gasteiger partial charge is 0.314 e. The van der Waals surface area contributed by atoms with E-state index >= 15 is 0 Å². The summed E-state index contributed by atoms with van der Waals surface area (Å²) in [5, 5.41) is 30.8. The third-order valence-electron chi connectivity index (χ3n) is 8.97. The number of aliphatic hydroxyl groups is 3. The molecule has 0 bridgehead atoms. The molecule has 0 saturated heterocycles. The minimum atomic E-state index is -1.01. The second kappa shape index (κ2) is 12.2. The van der Waals surface area contributed by atoms with Gasteiger partial charge in [0.1, 0.15) is 0 Å². The fraction of sp³-hybridized carbons (Fsp3) is 0.710. The van der Waals surface area contributed by atoms with Crippen molar-refractivity contribution in [1.82, 2.24) is 0 Å². The summed E-state index contributed by atoms with van der Waals surface area (Å²) in [6.07, 6.45) is 15.3. The van der Waals surface area contributed by atoms with Crippen molar-refractivity contribution >= 4 is 5.97 Å². The molecule has 3 saturated carbocycles. The van der Waals surface area contributed by atoms with E-state index in [0.29, 0.717) is 37.7 Å². The predicted octanol–water partition coefficient (Wildman–Crippen LogP) is 5.80. The summed E-state index contributed by atoms with van der Waals surface area (Å²) in [6, 6.07) is 0. The van der Waals surface area contributed by atoms with E-state index in [2.05, 4.69) is 25.7 Å². The van der Waals surface area contributed by atoms with Crippen LogP contribution < -0.4 is 0 Å². The summed E-state index contributed by atoms with van der Waals surface area (Å²) in [7, 11) is 0. The Morgan fingerprint density at radius 2 is 1.92 bits per heavy atom. The molecule has 6 atom stereocenters. The first-order chi connectivity index (χ1) is 17.0. The van der Waals surface area contributed by atoms with Gasteiger partial charge in [-0.1, -0.05) is 67.9 Å². The Kier molecular flexibility index (Phi) is 9.81. The average Bonchev–Trinajstić information content (AvgIpc) is 3.18. The molecule has 0 aromatic heterocycles. The van der Waals surface area contributed by atoms with Crippen LogP contribution >= 0.6 is 0 Å². The molecule has 5 heteroatoms. The molecule has 3 rings (SSSR count). The minimum Gasteiger partial charge on any atom is -0.465 e. The van der Waals surface area contributed by atoms with Crippen molar-refractivity contribution < 1.29 is 24.9 Å². The number of carbonyl (C=O) groups is 1. The van der Waals surface area contributed by atoms with Crippen molar-refractivity contribution in [1.29, 1.82) is 0 Å². The second-order valence-corrected chi connectivity index (χ2v) is 12.2. The standard InChI is InChI=1S/C31H48O5/c1-6-7-17-36-29(35)30(3,4)28(34)15-10-21(2)26-13-14-27-23(9-8-16-31(26,27)5)12-11-22-18-24(32)20-25(33)19-22/h10-12,15,24-28,32-34H,2,6-9,13-14,16-20H2,1,3-5H3/b15-10+,23-12+/t24-,25-,26-,27+,28-,31-/m1/s1. The number of hydrogen-bond acceptors (Lipinski definition) is 5. The van der Waals surface area contributed by atoms with Crippen LogP contribution in [-0.2, 0) is 9.53 Å². The van der Waals surface area contributed by atoms with E-state index in [-0.39, 0.29) is 11.4 Å². The van der Waals surface area contributed by atoms with Gasteiger partial charge in [0, 0.05) is 0 Å². The van der Waals surface area contributed by atoms with Crippen LogP contribution in [0.1, 0.15) is 91.9 Å². The Balaban J connectivity index is 1.67. The van der Waals surface area contributed by atoms with Crippen LogP contribution in [0.2, 0.25) is 0 Å². The zero-order valence-corrected chi connectivity index (χ0v) is 22.8. The quantitative estimate of drug-likeness (QED) is 0.211. The molecular formula is C31H48O5. The lowest BCUT2D eigenvalue weighted by molar-refractivity contribution is -0.158. The van der Waals surface area contributed by atoms with Crippen molar-refractivity contribution in [2.24, 2.45) is 22.7 Å². The van der Waals surface area contributed by atoms with Crippen molar-refractivity contribution in [2.45, 2.75) is 110 Å². The number of allylic oxidation sites excluding steroid dienone is 5. The van der Waals surface area contributed by atoms with E-state index < -0.39 is 23.7 Å². The molecule has 202 valence electrons. The predicted molar refractivity (Wildman–Crippen MR) is 144 cm³/mol. The summed E-state index contributed by atoms with van der Waals surface area (Å²) in [5.41, 5.74) is 2.73. The molecule has 3 aliphatic rings. The topological polar surface area (TPSA) is 87.0 Å². The molecule has 0 aliphatic heterocycles. The van der Waals surface area contributed by atoms with Crippen LogP contribution in [0.4, 0.5) is 0 Å². The van der Waals surface area contributed by atoms with Crippen LogP contribution in [0.5, 0.6) is 0 Å². The Labute approximate surface area is 218 Å². The van der Waals surface area contributed by atoms with E-state index in [9.17, 15) is 20.1 Å². The van der Waals surface area contributed by atoms with Gasteiger partial charge in [-0.15, -0.1) is 0 Å². The SMILES string of the molecule is C=C(/C=C/[C@@H](O)C(C)(C)C(=O)OCCCC)[C@H]1CC[C@H]2/C(=C/C=C3C[C@@H](O)C[C@H](O)C3)CCC[C@]12C. The fourth-order valence-electron chi connectivity index (χ4n) is 6.57. The average molecular weight is 501 g/mol. The first kappa shape index (κ1) is 28.9. The lowest BCUT2D eigenvalue weighted by Gasteiger charge is -2.42. The molecule has 0 heterocycles. The third-order valence-corrected chi connectivity index (χ3v) is 8.97. The van der Waals surface area contributed by atoms with Crippen LogP contribution in [0, 0.1) is 22.7 Å². The maximum absolute atomic E-state index is 12.5. The molecule has 0 spiro atoms. The molecule has 0 unspecified atom stereocenters. The summed E-state index contributed by atoms with van der Waals surface area (Å²) in [4.78, 5) is 12.5. The molecule has 3 aliphatic carbocycles. The molecule has 0 radical (unpaired) electrons. The lowest BCUT2D eigenvalue weighted by atomic mass is 9.62. The number of hydrogen-bond donors (Lipinski definition) is 3. The van der Waals surface area contributed by atoms with Gasteiger partial charge in [-0.2, -0.15) is 0 Å². The van der Waals surface area contributed by atoms with Gasteiger partial charge >= 0.3 is 5.97 Å². The molecule has 3 N–H and O–H groups in total. The van der Waals surface area contributed by atoms with Crippen LogP contribution in [0.15, 0.2) is 47.6 Å². The number of aliphatic hydroxyl groups excluding tert-OH is 3. The van der Waals surface area contributed by atoms with E-state index in [1.807, 2.05) is 13.0 Å². The highest BCUT2D eigenvalue weighted by Gasteiger charge is 2.49. The van der Waals surface area contributed by atoms with Crippen molar-refractivity contribution in [3.05, 3.63) is 47.6 Å². The number of ether oxygens (including phenoxy) is 1. The van der Waals surface area contributed by atoms with Crippen LogP contribution in [0.3, 0.4) is 0 Å². The normalized spacial score (nSPS) is 33.0. The number of carbonyl (C=O) groups excluding carboxylic acids is 1. The van der Waals surface area contributed by atoms with Crippen LogP contribution in [0.25, 0.3) is 0 Å². The number of rotatable bonds is 9. The lowest BCUT2D eigenvalue weighted by Crippen LogP contribution is -2.37. The molecule has 3 fully saturated rings. The Hall–Kier alpha value is -1.69. The maximum Gasteiger partial charge on any atom is 0.314 e. The molecule has 0 aromatic rings. The van der Waals surface area contributed by atoms with Crippen molar-refractivity contribution in [3.63, 3.8) is 0 Å². The fourth-order valence-corrected chi connectivity index (χ4v) is 6.57. The summed E-state index contributed by atoms with van der Waals surface area (Å²) in [6.45, 7) is 12.7. The molecule has 0 aromatic carbocycles. The Morgan fingerprint density at radius 1 is 1.22 bits per heavy atom. The van der Waals surface area contributed by atoms with Gasteiger partial charge in [0.25, 0.3) is 0 Å². The summed E-state index contributed by atoms with van der Waals surface area (Å²) >= 11 is 0. The van der Waals surface area contributed by atoms with Crippen LogP contribution in [-0.4, -0.2) is 46.2 Å².